The molecular weight excluding hydrogens is 524 g/mol. The molecule has 2 fully saturated rings. The second kappa shape index (κ2) is 14.4. The first-order valence-corrected chi connectivity index (χ1v) is 14.1. The number of morpholine rings is 1. The van der Waals surface area contributed by atoms with Crippen LogP contribution in [0.1, 0.15) is 53.2 Å². The minimum atomic E-state index is -1.85. The fourth-order valence-electron chi connectivity index (χ4n) is 4.75. The molecule has 10 heteroatoms. The van der Waals surface area contributed by atoms with E-state index < -0.39 is 29.6 Å². The van der Waals surface area contributed by atoms with Crippen LogP contribution in [-0.2, 0) is 30.4 Å². The number of ether oxygens (including phenoxy) is 2. The van der Waals surface area contributed by atoms with Gasteiger partial charge in [0, 0.05) is 52.3 Å². The highest BCUT2D eigenvalue weighted by Crippen LogP contribution is 2.20. The summed E-state index contributed by atoms with van der Waals surface area (Å²) in [6.07, 6.45) is 5.88. The zero-order valence-corrected chi connectivity index (χ0v) is 24.1. The summed E-state index contributed by atoms with van der Waals surface area (Å²) in [6, 6.07) is 15.5. The van der Waals surface area contributed by atoms with Crippen LogP contribution in [0.25, 0.3) is 12.2 Å². The summed E-state index contributed by atoms with van der Waals surface area (Å²) in [4.78, 5) is 48.2. The first-order chi connectivity index (χ1) is 19.8. The average molecular weight is 565 g/mol. The van der Waals surface area contributed by atoms with Crippen molar-refractivity contribution >= 4 is 29.9 Å². The zero-order chi connectivity index (χ0) is 29.2. The molecule has 2 heterocycles. The molecule has 0 bridgehead atoms. The number of likely N-dealkylation sites (N-methyl/N-ethyl adjacent to an activating group) is 2. The average Bonchev–Trinajstić information content (AvgIpc) is 3.03. The predicted octanol–water partition coefficient (Wildman–Crippen LogP) is 2.84. The topological polar surface area (TPSA) is 109 Å². The van der Waals surface area contributed by atoms with Gasteiger partial charge in [0.1, 0.15) is 0 Å². The Morgan fingerprint density at radius 2 is 1.61 bits per heavy atom. The molecule has 3 amide bonds. The number of rotatable bonds is 10. The lowest BCUT2D eigenvalue weighted by atomic mass is 9.96. The zero-order valence-electron chi connectivity index (χ0n) is 24.1. The van der Waals surface area contributed by atoms with Gasteiger partial charge < -0.3 is 19.7 Å². The van der Waals surface area contributed by atoms with E-state index >= 15 is 0 Å². The number of hydrogen-bond donors (Lipinski definition) is 2. The number of carbonyl (C=O) groups excluding carboxylic acids is 3. The highest BCUT2D eigenvalue weighted by molar-refractivity contribution is 6.12. The molecular formula is C31H40N4O6. The Morgan fingerprint density at radius 1 is 0.976 bits per heavy atom. The van der Waals surface area contributed by atoms with Gasteiger partial charge in [-0.05, 0) is 48.6 Å². The monoisotopic (exact) mass is 564 g/mol. The third-order valence-electron chi connectivity index (χ3n) is 7.62. The molecule has 2 atom stereocenters. The molecule has 2 aromatic carbocycles. The molecule has 0 spiro atoms. The van der Waals surface area contributed by atoms with Crippen molar-refractivity contribution in [2.45, 2.75) is 44.6 Å². The van der Waals surface area contributed by atoms with Crippen molar-refractivity contribution in [2.24, 2.45) is 0 Å². The molecule has 1 unspecified atom stereocenters. The van der Waals surface area contributed by atoms with Crippen molar-refractivity contribution in [3.05, 3.63) is 70.8 Å². The molecule has 0 radical (unpaired) electrons. The maximum atomic E-state index is 13.4. The summed E-state index contributed by atoms with van der Waals surface area (Å²) in [5.74, 6) is -1.89. The van der Waals surface area contributed by atoms with Gasteiger partial charge >= 0.3 is 0 Å². The number of nitrogens with zero attached hydrogens (tertiary/aromatic N) is 2. The van der Waals surface area contributed by atoms with Crippen molar-refractivity contribution in [1.29, 1.82) is 0 Å². The summed E-state index contributed by atoms with van der Waals surface area (Å²) in [5, 5.41) is 2.48. The van der Waals surface area contributed by atoms with Crippen molar-refractivity contribution in [1.82, 2.24) is 20.6 Å². The largest absolute Gasteiger partial charge is 0.379 e. The van der Waals surface area contributed by atoms with Crippen LogP contribution in [0.3, 0.4) is 0 Å². The lowest BCUT2D eigenvalue weighted by Gasteiger charge is -2.36. The van der Waals surface area contributed by atoms with Gasteiger partial charge in [0.2, 0.25) is 0 Å². The van der Waals surface area contributed by atoms with Crippen LogP contribution in [0.5, 0.6) is 0 Å². The van der Waals surface area contributed by atoms with Crippen LogP contribution in [0, 0.1) is 0 Å². The maximum Gasteiger partial charge on any atom is 0.279 e. The van der Waals surface area contributed by atoms with E-state index in [4.69, 9.17) is 14.3 Å². The molecule has 0 aromatic heterocycles. The number of amides is 3. The molecule has 0 aliphatic carbocycles. The van der Waals surface area contributed by atoms with Crippen molar-refractivity contribution < 1.29 is 28.7 Å². The summed E-state index contributed by atoms with van der Waals surface area (Å²) < 4.78 is 10.9. The summed E-state index contributed by atoms with van der Waals surface area (Å²) in [7, 11) is 2.83. The lowest BCUT2D eigenvalue weighted by Crippen LogP contribution is -2.65. The molecule has 10 nitrogen and oxygen atoms in total. The Hall–Kier alpha value is -3.57. The van der Waals surface area contributed by atoms with Crippen molar-refractivity contribution in [2.75, 3.05) is 47.0 Å². The van der Waals surface area contributed by atoms with E-state index in [1.165, 1.54) is 26.6 Å². The van der Waals surface area contributed by atoms with Gasteiger partial charge in [-0.15, -0.1) is 0 Å². The normalized spacial score (nSPS) is 19.3. The van der Waals surface area contributed by atoms with E-state index in [2.05, 4.69) is 40.0 Å². The predicted molar refractivity (Wildman–Crippen MR) is 155 cm³/mol. The summed E-state index contributed by atoms with van der Waals surface area (Å²) in [5.41, 5.74) is 4.07. The second-order valence-corrected chi connectivity index (χ2v) is 10.4. The lowest BCUT2D eigenvalue weighted by molar-refractivity contribution is -0.204. The van der Waals surface area contributed by atoms with Gasteiger partial charge in [-0.25, -0.2) is 10.3 Å². The standard InChI is InChI=1S/C31H40N4O6/c1-31(29(37)32-2,30(38)33-41-27-6-4-5-19-40-27)34(3)28(36)26-15-13-24(14-16-26)8-7-23-9-11-25(12-10-23)22-35-17-20-39-21-18-35/h7-16,27H,4-6,17-22H2,1-3H3,(H,32,37)(H,33,38)/b8-7+/t27?,31-/m0/s1. The molecule has 2 aliphatic heterocycles. The van der Waals surface area contributed by atoms with E-state index in [1.54, 1.807) is 12.1 Å². The van der Waals surface area contributed by atoms with E-state index in [1.807, 2.05) is 24.3 Å². The third-order valence-corrected chi connectivity index (χ3v) is 7.62. The van der Waals surface area contributed by atoms with E-state index in [0.717, 1.165) is 61.7 Å². The Labute approximate surface area is 241 Å². The number of carbonyl (C=O) groups is 3. The summed E-state index contributed by atoms with van der Waals surface area (Å²) >= 11 is 0. The fourth-order valence-corrected chi connectivity index (χ4v) is 4.75. The molecule has 0 saturated carbocycles. The minimum absolute atomic E-state index is 0.344. The highest BCUT2D eigenvalue weighted by atomic mass is 16.8. The van der Waals surface area contributed by atoms with Crippen molar-refractivity contribution in [3.8, 4) is 0 Å². The molecule has 2 N–H and O–H groups in total. The van der Waals surface area contributed by atoms with Crippen LogP contribution in [0.15, 0.2) is 48.5 Å². The smallest absolute Gasteiger partial charge is 0.279 e. The number of hydroxylamine groups is 1. The number of benzene rings is 2. The van der Waals surface area contributed by atoms with E-state index in [0.29, 0.717) is 18.6 Å². The Balaban J connectivity index is 1.37. The first kappa shape index (κ1) is 30.4. The van der Waals surface area contributed by atoms with Gasteiger partial charge in [0.15, 0.2) is 11.8 Å². The number of nitrogens with one attached hydrogen (secondary N) is 2. The van der Waals surface area contributed by atoms with E-state index in [-0.39, 0.29) is 0 Å². The van der Waals surface area contributed by atoms with Gasteiger partial charge in [0.05, 0.1) is 13.2 Å². The van der Waals surface area contributed by atoms with Gasteiger partial charge in [0.25, 0.3) is 17.7 Å². The van der Waals surface area contributed by atoms with Crippen LogP contribution >= 0.6 is 0 Å². The Kier molecular flexibility index (Phi) is 10.6. The quantitative estimate of drug-likeness (QED) is 0.260. The Bertz CT molecular complexity index is 1200. The van der Waals surface area contributed by atoms with Gasteiger partial charge in [-0.1, -0.05) is 48.6 Å². The molecule has 2 aliphatic rings. The van der Waals surface area contributed by atoms with Crippen LogP contribution < -0.4 is 10.8 Å². The SMILES string of the molecule is CNC(=O)[C@@](C)(C(=O)NOC1CCCCO1)N(C)C(=O)c1ccc(/C=C/c2ccc(CN3CCOCC3)cc2)cc1. The molecule has 41 heavy (non-hydrogen) atoms. The maximum absolute atomic E-state index is 13.4. The van der Waals surface area contributed by atoms with Gasteiger partial charge in [-0.2, -0.15) is 0 Å². The van der Waals surface area contributed by atoms with Gasteiger partial charge in [-0.3, -0.25) is 19.3 Å². The highest BCUT2D eigenvalue weighted by Gasteiger charge is 2.47. The number of hydrogen-bond acceptors (Lipinski definition) is 7. The first-order valence-electron chi connectivity index (χ1n) is 14.1. The van der Waals surface area contributed by atoms with Crippen LogP contribution in [0.4, 0.5) is 0 Å². The molecule has 4 rings (SSSR count). The molecule has 220 valence electrons. The van der Waals surface area contributed by atoms with Crippen LogP contribution in [-0.4, -0.2) is 86.4 Å². The minimum Gasteiger partial charge on any atom is -0.379 e. The second-order valence-electron chi connectivity index (χ2n) is 10.4. The molecule has 2 aromatic rings. The molecule has 2 saturated heterocycles. The Morgan fingerprint density at radius 3 is 2.20 bits per heavy atom. The van der Waals surface area contributed by atoms with Crippen LogP contribution in [0.2, 0.25) is 0 Å². The van der Waals surface area contributed by atoms with Crippen molar-refractivity contribution in [3.63, 3.8) is 0 Å². The fraction of sp³-hybridized carbons (Fsp3) is 0.452. The summed E-state index contributed by atoms with van der Waals surface area (Å²) in [6.45, 7) is 6.33. The third kappa shape index (κ3) is 7.80. The van der Waals surface area contributed by atoms with E-state index in [9.17, 15) is 14.4 Å².